The third-order valence-electron chi connectivity index (χ3n) is 4.10. The summed E-state index contributed by atoms with van der Waals surface area (Å²) in [6.07, 6.45) is 0. The maximum absolute atomic E-state index is 12.9. The lowest BCUT2D eigenvalue weighted by Crippen LogP contribution is -2.33. The van der Waals surface area contributed by atoms with Crippen molar-refractivity contribution in [3.8, 4) is 5.75 Å². The van der Waals surface area contributed by atoms with E-state index in [1.54, 1.807) is 7.11 Å². The summed E-state index contributed by atoms with van der Waals surface area (Å²) >= 11 is 3.48. The molecule has 0 atom stereocenters. The molecule has 0 saturated heterocycles. The highest BCUT2D eigenvalue weighted by atomic mass is 79.9. The van der Waals surface area contributed by atoms with Gasteiger partial charge in [-0.3, -0.25) is 4.79 Å². The van der Waals surface area contributed by atoms with Gasteiger partial charge in [0.05, 0.1) is 18.4 Å². The predicted octanol–water partition coefficient (Wildman–Crippen LogP) is 3.55. The first-order chi connectivity index (χ1) is 11.1. The molecule has 0 aliphatic carbocycles. The average Bonchev–Trinajstić information content (AvgIpc) is 2.67. The fraction of sp³-hybridized carbons (Fsp3) is 0.278. The number of nitrogens with zero attached hydrogens (tertiary/aromatic N) is 2. The van der Waals surface area contributed by atoms with Crippen molar-refractivity contribution >= 4 is 27.5 Å². The van der Waals surface area contributed by atoms with Gasteiger partial charge >= 0.3 is 0 Å². The molecule has 0 fully saturated rings. The van der Waals surface area contributed by atoms with Crippen LogP contribution in [0.25, 0.3) is 0 Å². The molecule has 2 aromatic carbocycles. The number of amides is 1. The lowest BCUT2D eigenvalue weighted by molar-refractivity contribution is 0.0754. The highest BCUT2D eigenvalue weighted by Crippen LogP contribution is 2.28. The molecule has 0 saturated carbocycles. The van der Waals surface area contributed by atoms with Crippen LogP contribution in [0.2, 0.25) is 0 Å². The maximum atomic E-state index is 12.9. The summed E-state index contributed by atoms with van der Waals surface area (Å²) in [5, 5.41) is 0. The van der Waals surface area contributed by atoms with Gasteiger partial charge in [0.25, 0.3) is 5.91 Å². The number of rotatable bonds is 3. The number of carbonyl (C=O) groups excluding carboxylic acids is 1. The molecule has 3 rings (SSSR count). The van der Waals surface area contributed by atoms with E-state index in [0.717, 1.165) is 33.6 Å². The van der Waals surface area contributed by atoms with Crippen molar-refractivity contribution in [3.05, 3.63) is 58.1 Å². The summed E-state index contributed by atoms with van der Waals surface area (Å²) in [6.45, 7) is 2.08. The van der Waals surface area contributed by atoms with Crippen molar-refractivity contribution in [3.63, 3.8) is 0 Å². The van der Waals surface area contributed by atoms with Crippen molar-refractivity contribution in [1.82, 2.24) is 4.90 Å². The molecule has 1 aliphatic rings. The van der Waals surface area contributed by atoms with E-state index < -0.39 is 0 Å². The zero-order chi connectivity index (χ0) is 16.4. The van der Waals surface area contributed by atoms with E-state index in [1.807, 2.05) is 54.4 Å². The van der Waals surface area contributed by atoms with Gasteiger partial charge in [-0.2, -0.15) is 0 Å². The molecule has 1 heterocycles. The van der Waals surface area contributed by atoms with Crippen LogP contribution in [-0.2, 0) is 6.54 Å². The van der Waals surface area contributed by atoms with Crippen molar-refractivity contribution in [1.29, 1.82) is 0 Å². The van der Waals surface area contributed by atoms with Gasteiger partial charge in [0.1, 0.15) is 5.75 Å². The number of methoxy groups -OCH3 is 1. The first-order valence-corrected chi connectivity index (χ1v) is 8.30. The van der Waals surface area contributed by atoms with Crippen LogP contribution in [-0.4, -0.2) is 38.1 Å². The molecule has 0 radical (unpaired) electrons. The zero-order valence-electron chi connectivity index (χ0n) is 13.3. The molecule has 5 heteroatoms. The van der Waals surface area contributed by atoms with Gasteiger partial charge < -0.3 is 14.5 Å². The van der Waals surface area contributed by atoms with E-state index in [4.69, 9.17) is 4.74 Å². The zero-order valence-corrected chi connectivity index (χ0v) is 14.8. The quantitative estimate of drug-likeness (QED) is 0.823. The molecule has 23 heavy (non-hydrogen) atoms. The molecule has 1 amide bonds. The van der Waals surface area contributed by atoms with Crippen LogP contribution < -0.4 is 9.64 Å². The largest absolute Gasteiger partial charge is 0.497 e. The van der Waals surface area contributed by atoms with Gasteiger partial charge in [0.15, 0.2) is 0 Å². The summed E-state index contributed by atoms with van der Waals surface area (Å²) in [5.74, 6) is 0.880. The predicted molar refractivity (Wildman–Crippen MR) is 95.1 cm³/mol. The number of anilines is 1. The monoisotopic (exact) mass is 374 g/mol. The fourth-order valence-electron chi connectivity index (χ4n) is 2.81. The lowest BCUT2D eigenvalue weighted by atomic mass is 10.1. The van der Waals surface area contributed by atoms with E-state index >= 15 is 0 Å². The lowest BCUT2D eigenvalue weighted by Gasteiger charge is -2.21. The Hall–Kier alpha value is -2.01. The average molecular weight is 375 g/mol. The van der Waals surface area contributed by atoms with Crippen molar-refractivity contribution in [2.24, 2.45) is 0 Å². The molecule has 4 nitrogen and oxygen atoms in total. The number of hydrogen-bond donors (Lipinski definition) is 0. The number of ether oxygens (including phenoxy) is 1. The first-order valence-electron chi connectivity index (χ1n) is 7.51. The molecule has 0 N–H and O–H groups in total. The summed E-state index contributed by atoms with van der Waals surface area (Å²) < 4.78 is 6.25. The standard InChI is InChI=1S/C18H19BrN2O2/c1-20-8-9-21(12-13-4-3-5-15(10-13)23-2)18(22)16-7-6-14(19)11-17(16)20/h3-7,10-11H,8-9,12H2,1-2H3. The maximum Gasteiger partial charge on any atom is 0.256 e. The third-order valence-corrected chi connectivity index (χ3v) is 4.59. The topological polar surface area (TPSA) is 32.8 Å². The van der Waals surface area contributed by atoms with Gasteiger partial charge in [-0.1, -0.05) is 28.1 Å². The van der Waals surface area contributed by atoms with Crippen molar-refractivity contribution < 1.29 is 9.53 Å². The van der Waals surface area contributed by atoms with E-state index in [2.05, 4.69) is 20.8 Å². The van der Waals surface area contributed by atoms with E-state index in [9.17, 15) is 4.79 Å². The number of benzene rings is 2. The van der Waals surface area contributed by atoms with Crippen LogP contribution in [0.1, 0.15) is 15.9 Å². The Labute approximate surface area is 144 Å². The summed E-state index contributed by atoms with van der Waals surface area (Å²) in [5.41, 5.74) is 2.79. The Balaban J connectivity index is 1.89. The van der Waals surface area contributed by atoms with Gasteiger partial charge in [0.2, 0.25) is 0 Å². The number of likely N-dealkylation sites (N-methyl/N-ethyl adjacent to an activating group) is 1. The second-order valence-electron chi connectivity index (χ2n) is 5.66. The van der Waals surface area contributed by atoms with Crippen molar-refractivity contribution in [2.45, 2.75) is 6.54 Å². The van der Waals surface area contributed by atoms with E-state index in [0.29, 0.717) is 13.1 Å². The van der Waals surface area contributed by atoms with Crippen LogP contribution in [0, 0.1) is 0 Å². The van der Waals surface area contributed by atoms with Gasteiger partial charge in [0, 0.05) is 31.2 Å². The van der Waals surface area contributed by atoms with Gasteiger partial charge in [-0.05, 0) is 35.9 Å². The SMILES string of the molecule is COc1cccc(CN2CCN(C)c3cc(Br)ccc3C2=O)c1. The number of halogens is 1. The Kier molecular flexibility index (Phi) is 4.57. The number of carbonyl (C=O) groups is 1. The second kappa shape index (κ2) is 6.62. The summed E-state index contributed by atoms with van der Waals surface area (Å²) in [6, 6.07) is 13.7. The minimum Gasteiger partial charge on any atom is -0.497 e. The van der Waals surface area contributed by atoms with E-state index in [-0.39, 0.29) is 5.91 Å². The van der Waals surface area contributed by atoms with Crippen LogP contribution >= 0.6 is 15.9 Å². The van der Waals surface area contributed by atoms with E-state index in [1.165, 1.54) is 0 Å². The van der Waals surface area contributed by atoms with Gasteiger partial charge in [-0.15, -0.1) is 0 Å². The summed E-state index contributed by atoms with van der Waals surface area (Å²) in [4.78, 5) is 16.9. The van der Waals surface area contributed by atoms with Gasteiger partial charge in [-0.25, -0.2) is 0 Å². The smallest absolute Gasteiger partial charge is 0.256 e. The molecule has 0 aromatic heterocycles. The molecular formula is C18H19BrN2O2. The van der Waals surface area contributed by atoms with Crippen LogP contribution in [0.5, 0.6) is 5.75 Å². The second-order valence-corrected chi connectivity index (χ2v) is 6.58. The molecule has 0 spiro atoms. The molecule has 0 bridgehead atoms. The Morgan fingerprint density at radius 2 is 2.00 bits per heavy atom. The molecule has 0 unspecified atom stereocenters. The fourth-order valence-corrected chi connectivity index (χ4v) is 3.16. The summed E-state index contributed by atoms with van der Waals surface area (Å²) in [7, 11) is 3.67. The highest BCUT2D eigenvalue weighted by Gasteiger charge is 2.25. The first kappa shape index (κ1) is 15.9. The Morgan fingerprint density at radius 3 is 2.78 bits per heavy atom. The minimum absolute atomic E-state index is 0.0691. The van der Waals surface area contributed by atoms with Crippen LogP contribution in [0.4, 0.5) is 5.69 Å². The minimum atomic E-state index is 0.0691. The number of fused-ring (bicyclic) bond motifs is 1. The molecule has 1 aliphatic heterocycles. The van der Waals surface area contributed by atoms with Crippen LogP contribution in [0.15, 0.2) is 46.9 Å². The van der Waals surface area contributed by atoms with Crippen LogP contribution in [0.3, 0.4) is 0 Å². The molecular weight excluding hydrogens is 356 g/mol. The Morgan fingerprint density at radius 1 is 1.17 bits per heavy atom. The highest BCUT2D eigenvalue weighted by molar-refractivity contribution is 9.10. The van der Waals surface area contributed by atoms with Crippen molar-refractivity contribution in [2.75, 3.05) is 32.1 Å². The number of hydrogen-bond acceptors (Lipinski definition) is 3. The molecule has 2 aromatic rings. The molecule has 120 valence electrons. The Bertz CT molecular complexity index is 733. The third kappa shape index (κ3) is 3.34. The normalized spacial score (nSPS) is 14.5.